The fourth-order valence-corrected chi connectivity index (χ4v) is 5.14. The molecule has 0 radical (unpaired) electrons. The summed E-state index contributed by atoms with van der Waals surface area (Å²) in [6, 6.07) is 0.260. The van der Waals surface area contributed by atoms with Crippen molar-refractivity contribution >= 4 is 39.1 Å². The lowest BCUT2D eigenvalue weighted by Gasteiger charge is -2.16. The number of nitrogens with two attached hydrogens (primary N) is 1. The maximum Gasteiger partial charge on any atom is 0.435 e. The number of carbonyl (C=O) groups excluding carboxylic acids is 2. The minimum Gasteiger partial charge on any atom is -0.365 e. The number of thiophene rings is 1. The number of amides is 2. The van der Waals surface area contributed by atoms with E-state index < -0.39 is 41.6 Å². The van der Waals surface area contributed by atoms with Gasteiger partial charge in [0.2, 0.25) is 5.91 Å². The molecule has 4 aromatic rings. The monoisotopic (exact) mass is 573 g/mol. The predicted molar refractivity (Wildman–Crippen MR) is 130 cm³/mol. The molecule has 9 nitrogen and oxygen atoms in total. The second-order valence-corrected chi connectivity index (χ2v) is 9.64. The maximum absolute atomic E-state index is 13.7. The molecular weight excluding hydrogens is 552 g/mol. The van der Waals surface area contributed by atoms with Crippen LogP contribution in [0.4, 0.5) is 32.0 Å². The molecule has 0 fully saturated rings. The van der Waals surface area contributed by atoms with Crippen molar-refractivity contribution in [1.29, 1.82) is 0 Å². The first-order valence-electron chi connectivity index (χ1n) is 11.4. The van der Waals surface area contributed by atoms with E-state index in [1.165, 1.54) is 20.0 Å². The molecule has 3 N–H and O–H groups in total. The largest absolute Gasteiger partial charge is 0.435 e. The summed E-state index contributed by atoms with van der Waals surface area (Å²) in [4.78, 5) is 28.7. The summed E-state index contributed by atoms with van der Waals surface area (Å²) in [6.07, 6.45) is -8.22. The van der Waals surface area contributed by atoms with Crippen LogP contribution >= 0.6 is 11.3 Å². The number of pyridine rings is 1. The second kappa shape index (κ2) is 9.66. The van der Waals surface area contributed by atoms with Gasteiger partial charge in [-0.3, -0.25) is 19.0 Å². The van der Waals surface area contributed by atoms with Crippen molar-refractivity contribution in [3.05, 3.63) is 46.0 Å². The van der Waals surface area contributed by atoms with Crippen LogP contribution in [0, 0.1) is 13.8 Å². The first-order valence-corrected chi connectivity index (χ1v) is 12.2. The summed E-state index contributed by atoms with van der Waals surface area (Å²) >= 11 is 0.551. The number of aryl methyl sites for hydroxylation is 2. The normalized spacial score (nSPS) is 13.2. The highest BCUT2D eigenvalue weighted by molar-refractivity contribution is 7.21. The Morgan fingerprint density at radius 1 is 1.08 bits per heavy atom. The molecule has 0 saturated heterocycles. The van der Waals surface area contributed by atoms with E-state index in [9.17, 15) is 35.9 Å². The van der Waals surface area contributed by atoms with Gasteiger partial charge in [0.05, 0.1) is 11.9 Å². The highest BCUT2D eigenvalue weighted by Gasteiger charge is 2.37. The number of carbonyl (C=O) groups is 2. The van der Waals surface area contributed by atoms with Gasteiger partial charge in [0.15, 0.2) is 5.69 Å². The van der Waals surface area contributed by atoms with Crippen LogP contribution < -0.4 is 11.1 Å². The molecular formula is C23H21F6N7O2S. The lowest BCUT2D eigenvalue weighted by atomic mass is 10.0. The number of nitrogens with one attached hydrogen (secondary N) is 1. The summed E-state index contributed by atoms with van der Waals surface area (Å²) in [5, 5.41) is 10.1. The van der Waals surface area contributed by atoms with Crippen LogP contribution in [-0.4, -0.2) is 36.4 Å². The van der Waals surface area contributed by atoms with Crippen molar-refractivity contribution in [2.45, 2.75) is 52.6 Å². The third-order valence-corrected chi connectivity index (χ3v) is 7.17. The maximum atomic E-state index is 13.7. The van der Waals surface area contributed by atoms with Gasteiger partial charge in [0, 0.05) is 28.9 Å². The van der Waals surface area contributed by atoms with E-state index in [2.05, 4.69) is 20.5 Å². The summed E-state index contributed by atoms with van der Waals surface area (Å²) in [5.74, 6) is -1.93. The molecule has 4 rings (SSSR count). The van der Waals surface area contributed by atoms with E-state index in [-0.39, 0.29) is 32.0 Å². The average molecular weight is 574 g/mol. The van der Waals surface area contributed by atoms with Crippen LogP contribution in [0.25, 0.3) is 21.3 Å². The summed E-state index contributed by atoms with van der Waals surface area (Å²) in [6.45, 7) is 6.47. The number of halogens is 6. The highest BCUT2D eigenvalue weighted by Crippen LogP contribution is 2.44. The van der Waals surface area contributed by atoms with Crippen molar-refractivity contribution in [2.75, 3.05) is 5.32 Å². The first kappa shape index (κ1) is 28.1. The Labute approximate surface area is 220 Å². The third kappa shape index (κ3) is 5.07. The van der Waals surface area contributed by atoms with E-state index in [1.807, 2.05) is 0 Å². The number of hydrogen-bond donors (Lipinski definition) is 2. The summed E-state index contributed by atoms with van der Waals surface area (Å²) in [5.41, 5.74) is 3.70. The Morgan fingerprint density at radius 3 is 2.23 bits per heavy atom. The standard InChI is InChI=1S/C23H21F6N7O2S/c1-5-35-10(3)13(8-31-35)12-7-14(22(24,25)26)32-21-16(12)17(18(39-21)19(30)37)33-20(38)11(4)36-9(2)6-15(34-36)23(27,28)29/h6-8,11H,5H2,1-4H3,(H2,30,37)(H,33,38). The Kier molecular flexibility index (Phi) is 6.95. The van der Waals surface area contributed by atoms with Crippen LogP contribution in [0.15, 0.2) is 18.3 Å². The minimum atomic E-state index is -4.83. The van der Waals surface area contributed by atoms with E-state index in [4.69, 9.17) is 5.73 Å². The number of primary amides is 1. The fourth-order valence-electron chi connectivity index (χ4n) is 4.14. The molecule has 0 saturated carbocycles. The number of rotatable bonds is 6. The number of alkyl halides is 6. The van der Waals surface area contributed by atoms with Gasteiger partial charge in [-0.25, -0.2) is 4.98 Å². The van der Waals surface area contributed by atoms with Crippen molar-refractivity contribution in [2.24, 2.45) is 5.73 Å². The van der Waals surface area contributed by atoms with Gasteiger partial charge in [0.25, 0.3) is 5.91 Å². The zero-order chi connectivity index (χ0) is 29.0. The Balaban J connectivity index is 1.90. The highest BCUT2D eigenvalue weighted by atomic mass is 32.1. The number of hydrogen-bond acceptors (Lipinski definition) is 6. The zero-order valence-electron chi connectivity index (χ0n) is 20.8. The second-order valence-electron chi connectivity index (χ2n) is 8.64. The van der Waals surface area contributed by atoms with Gasteiger partial charge >= 0.3 is 12.4 Å². The molecule has 4 heterocycles. The van der Waals surface area contributed by atoms with Gasteiger partial charge in [-0.2, -0.15) is 36.5 Å². The average Bonchev–Trinajstić information content (AvgIpc) is 3.52. The van der Waals surface area contributed by atoms with Crippen molar-refractivity contribution in [3.63, 3.8) is 0 Å². The smallest absolute Gasteiger partial charge is 0.365 e. The number of anilines is 1. The number of nitrogens with zero attached hydrogens (tertiary/aromatic N) is 5. The Bertz CT molecular complexity index is 1600. The molecule has 0 aromatic carbocycles. The van der Waals surface area contributed by atoms with Crippen molar-refractivity contribution in [3.8, 4) is 11.1 Å². The molecule has 208 valence electrons. The van der Waals surface area contributed by atoms with E-state index in [0.717, 1.165) is 16.8 Å². The SMILES string of the molecule is CCn1ncc(-c2cc(C(F)(F)F)nc3sc(C(N)=O)c(NC(=O)C(C)n4nc(C(F)(F)F)cc4C)c23)c1C. The lowest BCUT2D eigenvalue weighted by molar-refractivity contribution is -0.142. The van der Waals surface area contributed by atoms with Gasteiger partial charge < -0.3 is 11.1 Å². The van der Waals surface area contributed by atoms with Gasteiger partial charge in [-0.15, -0.1) is 11.3 Å². The summed E-state index contributed by atoms with van der Waals surface area (Å²) < 4.78 is 83.0. The van der Waals surface area contributed by atoms with Crippen LogP contribution in [0.2, 0.25) is 0 Å². The summed E-state index contributed by atoms with van der Waals surface area (Å²) in [7, 11) is 0. The van der Waals surface area contributed by atoms with E-state index >= 15 is 0 Å². The molecule has 0 aliphatic carbocycles. The van der Waals surface area contributed by atoms with Gasteiger partial charge in [-0.05, 0) is 45.4 Å². The van der Waals surface area contributed by atoms with E-state index in [1.54, 1.807) is 18.5 Å². The van der Waals surface area contributed by atoms with Crippen molar-refractivity contribution < 1.29 is 35.9 Å². The molecule has 1 atom stereocenters. The number of aromatic nitrogens is 5. The quantitative estimate of drug-likeness (QED) is 0.302. The Hall–Kier alpha value is -3.95. The molecule has 0 aliphatic heterocycles. The molecule has 0 aliphatic rings. The van der Waals surface area contributed by atoms with Crippen molar-refractivity contribution in [1.82, 2.24) is 24.5 Å². The molecule has 0 spiro atoms. The third-order valence-electron chi connectivity index (χ3n) is 6.08. The molecule has 2 amide bonds. The van der Waals surface area contributed by atoms with Gasteiger partial charge in [-0.1, -0.05) is 0 Å². The zero-order valence-corrected chi connectivity index (χ0v) is 21.6. The molecule has 4 aromatic heterocycles. The first-order chi connectivity index (χ1) is 18.0. The lowest BCUT2D eigenvalue weighted by Crippen LogP contribution is -2.26. The Morgan fingerprint density at radius 2 is 1.72 bits per heavy atom. The fraction of sp³-hybridized carbons (Fsp3) is 0.348. The van der Waals surface area contributed by atoms with E-state index in [0.29, 0.717) is 29.1 Å². The van der Waals surface area contributed by atoms with Crippen LogP contribution in [0.5, 0.6) is 0 Å². The number of fused-ring (bicyclic) bond motifs is 1. The van der Waals surface area contributed by atoms with Crippen LogP contribution in [0.1, 0.15) is 52.3 Å². The molecule has 39 heavy (non-hydrogen) atoms. The topological polar surface area (TPSA) is 121 Å². The minimum absolute atomic E-state index is 0.00847. The van der Waals surface area contributed by atoms with Crippen LogP contribution in [0.3, 0.4) is 0 Å². The van der Waals surface area contributed by atoms with Crippen LogP contribution in [-0.2, 0) is 23.7 Å². The molecule has 0 bridgehead atoms. The molecule has 16 heteroatoms. The van der Waals surface area contributed by atoms with Gasteiger partial charge in [0.1, 0.15) is 21.4 Å². The molecule has 1 unspecified atom stereocenters. The predicted octanol–water partition coefficient (Wildman–Crippen LogP) is 5.33.